The topological polar surface area (TPSA) is 24.5 Å². The lowest BCUT2D eigenvalue weighted by molar-refractivity contribution is 0.116. The van der Waals surface area contributed by atoms with Gasteiger partial charge in [-0.3, -0.25) is 0 Å². The molecule has 1 aliphatic rings. The Hall–Kier alpha value is -1.06. The quantitative estimate of drug-likeness (QED) is 0.898. The highest BCUT2D eigenvalue weighted by Crippen LogP contribution is 2.24. The van der Waals surface area contributed by atoms with E-state index in [0.29, 0.717) is 24.0 Å². The van der Waals surface area contributed by atoms with Crippen LogP contribution in [0.2, 0.25) is 0 Å². The van der Waals surface area contributed by atoms with E-state index in [2.05, 4.69) is 62.3 Å². The Labute approximate surface area is 129 Å². The predicted octanol–water partition coefficient (Wildman–Crippen LogP) is 3.46. The van der Waals surface area contributed by atoms with Crippen LogP contribution in [0.1, 0.15) is 45.7 Å². The van der Waals surface area contributed by atoms with Crippen LogP contribution < -0.4 is 10.1 Å². The summed E-state index contributed by atoms with van der Waals surface area (Å²) >= 11 is 0. The molecule has 0 radical (unpaired) electrons. The Balaban J connectivity index is 1.95. The SMILES string of the molecule is CCOc1ccc(C(C)NC2CC(C)N(C)CC2C)cc1. The van der Waals surface area contributed by atoms with Gasteiger partial charge in [-0.2, -0.15) is 0 Å². The summed E-state index contributed by atoms with van der Waals surface area (Å²) in [4.78, 5) is 2.46. The van der Waals surface area contributed by atoms with Gasteiger partial charge in [0.2, 0.25) is 0 Å². The smallest absolute Gasteiger partial charge is 0.119 e. The molecule has 1 aromatic rings. The van der Waals surface area contributed by atoms with Crippen LogP contribution in [0.3, 0.4) is 0 Å². The average Bonchev–Trinajstić information content (AvgIpc) is 2.46. The first-order valence-electron chi connectivity index (χ1n) is 8.20. The third-order valence-corrected chi connectivity index (χ3v) is 4.77. The van der Waals surface area contributed by atoms with Crippen LogP contribution in [-0.4, -0.2) is 37.2 Å². The van der Waals surface area contributed by atoms with E-state index >= 15 is 0 Å². The summed E-state index contributed by atoms with van der Waals surface area (Å²) < 4.78 is 5.51. The second-order valence-electron chi connectivity index (χ2n) is 6.50. The fourth-order valence-corrected chi connectivity index (χ4v) is 3.21. The Morgan fingerprint density at radius 1 is 1.29 bits per heavy atom. The largest absolute Gasteiger partial charge is 0.494 e. The molecule has 0 aromatic heterocycles. The monoisotopic (exact) mass is 290 g/mol. The number of piperidine rings is 1. The van der Waals surface area contributed by atoms with Crippen LogP contribution in [0, 0.1) is 5.92 Å². The summed E-state index contributed by atoms with van der Waals surface area (Å²) in [5.74, 6) is 1.64. The van der Waals surface area contributed by atoms with Gasteiger partial charge in [0.1, 0.15) is 5.75 Å². The van der Waals surface area contributed by atoms with Gasteiger partial charge < -0.3 is 15.0 Å². The maximum atomic E-state index is 5.51. The number of nitrogens with zero attached hydrogens (tertiary/aromatic N) is 1. The van der Waals surface area contributed by atoms with Gasteiger partial charge in [0.05, 0.1) is 6.61 Å². The number of benzene rings is 1. The standard InChI is InChI=1S/C18H30N2O/c1-6-21-17-9-7-16(8-10-17)15(4)19-18-11-14(3)20(5)12-13(18)2/h7-10,13-15,18-19H,6,11-12H2,1-5H3. The minimum atomic E-state index is 0.378. The van der Waals surface area contributed by atoms with Gasteiger partial charge in [0, 0.05) is 24.7 Å². The molecule has 1 aromatic carbocycles. The van der Waals surface area contributed by atoms with Crippen molar-refractivity contribution in [3.05, 3.63) is 29.8 Å². The van der Waals surface area contributed by atoms with Crippen molar-refractivity contribution in [2.24, 2.45) is 5.92 Å². The number of hydrogen-bond acceptors (Lipinski definition) is 3. The Morgan fingerprint density at radius 2 is 1.95 bits per heavy atom. The molecule has 1 heterocycles. The van der Waals surface area contributed by atoms with Crippen LogP contribution in [-0.2, 0) is 0 Å². The number of hydrogen-bond donors (Lipinski definition) is 1. The van der Waals surface area contributed by atoms with Crippen molar-refractivity contribution in [1.29, 1.82) is 0 Å². The van der Waals surface area contributed by atoms with E-state index in [-0.39, 0.29) is 0 Å². The van der Waals surface area contributed by atoms with Gasteiger partial charge in [0.15, 0.2) is 0 Å². The van der Waals surface area contributed by atoms with Crippen LogP contribution in [0.4, 0.5) is 0 Å². The van der Waals surface area contributed by atoms with E-state index in [9.17, 15) is 0 Å². The van der Waals surface area contributed by atoms with Gasteiger partial charge in [0.25, 0.3) is 0 Å². The highest BCUT2D eigenvalue weighted by molar-refractivity contribution is 5.29. The van der Waals surface area contributed by atoms with E-state index in [0.717, 1.165) is 12.4 Å². The molecule has 0 aliphatic carbocycles. The Morgan fingerprint density at radius 3 is 2.57 bits per heavy atom. The summed E-state index contributed by atoms with van der Waals surface area (Å²) in [6, 6.07) is 10.1. The van der Waals surface area contributed by atoms with Gasteiger partial charge in [-0.25, -0.2) is 0 Å². The van der Waals surface area contributed by atoms with Crippen LogP contribution in [0.5, 0.6) is 5.75 Å². The minimum Gasteiger partial charge on any atom is -0.494 e. The van der Waals surface area contributed by atoms with Gasteiger partial charge in [-0.05, 0) is 57.9 Å². The summed E-state index contributed by atoms with van der Waals surface area (Å²) in [5, 5.41) is 3.82. The fourth-order valence-electron chi connectivity index (χ4n) is 3.21. The average molecular weight is 290 g/mol. The van der Waals surface area contributed by atoms with Crippen molar-refractivity contribution in [2.75, 3.05) is 20.2 Å². The van der Waals surface area contributed by atoms with E-state index in [1.165, 1.54) is 18.5 Å². The number of ether oxygens (including phenoxy) is 1. The highest BCUT2D eigenvalue weighted by Gasteiger charge is 2.29. The Bertz CT molecular complexity index is 431. The van der Waals surface area contributed by atoms with Gasteiger partial charge >= 0.3 is 0 Å². The third-order valence-electron chi connectivity index (χ3n) is 4.77. The molecule has 1 fully saturated rings. The molecule has 3 heteroatoms. The zero-order chi connectivity index (χ0) is 15.4. The lowest BCUT2D eigenvalue weighted by Gasteiger charge is -2.41. The maximum Gasteiger partial charge on any atom is 0.119 e. The molecular formula is C18H30N2O. The first-order valence-corrected chi connectivity index (χ1v) is 8.20. The second-order valence-corrected chi connectivity index (χ2v) is 6.50. The minimum absolute atomic E-state index is 0.378. The van der Waals surface area contributed by atoms with Crippen molar-refractivity contribution in [3.8, 4) is 5.75 Å². The molecule has 0 spiro atoms. The van der Waals surface area contributed by atoms with E-state index in [4.69, 9.17) is 4.74 Å². The van der Waals surface area contributed by atoms with Crippen molar-refractivity contribution >= 4 is 0 Å². The zero-order valence-electron chi connectivity index (χ0n) is 14.1. The normalized spacial score (nSPS) is 28.3. The van der Waals surface area contributed by atoms with Crippen LogP contribution >= 0.6 is 0 Å². The number of likely N-dealkylation sites (tertiary alicyclic amines) is 1. The third kappa shape index (κ3) is 4.21. The zero-order valence-corrected chi connectivity index (χ0v) is 14.1. The predicted molar refractivity (Wildman–Crippen MR) is 88.8 cm³/mol. The van der Waals surface area contributed by atoms with Crippen molar-refractivity contribution in [3.63, 3.8) is 0 Å². The molecule has 0 saturated carbocycles. The molecule has 0 bridgehead atoms. The molecule has 1 aliphatic heterocycles. The van der Waals surface area contributed by atoms with Crippen molar-refractivity contribution < 1.29 is 4.74 Å². The summed E-state index contributed by atoms with van der Waals surface area (Å²) in [5.41, 5.74) is 1.33. The molecule has 4 unspecified atom stereocenters. The molecule has 21 heavy (non-hydrogen) atoms. The molecule has 3 nitrogen and oxygen atoms in total. The first-order chi connectivity index (χ1) is 10.0. The number of nitrogens with one attached hydrogen (secondary N) is 1. The van der Waals surface area contributed by atoms with Crippen LogP contribution in [0.15, 0.2) is 24.3 Å². The molecule has 118 valence electrons. The van der Waals surface area contributed by atoms with Crippen molar-refractivity contribution in [1.82, 2.24) is 10.2 Å². The highest BCUT2D eigenvalue weighted by atomic mass is 16.5. The van der Waals surface area contributed by atoms with Crippen LogP contribution in [0.25, 0.3) is 0 Å². The van der Waals surface area contributed by atoms with Gasteiger partial charge in [-0.1, -0.05) is 19.1 Å². The fraction of sp³-hybridized carbons (Fsp3) is 0.667. The maximum absolute atomic E-state index is 5.51. The Kier molecular flexibility index (Phi) is 5.65. The summed E-state index contributed by atoms with van der Waals surface area (Å²) in [6.45, 7) is 10.8. The molecule has 0 amide bonds. The van der Waals surface area contributed by atoms with Crippen molar-refractivity contribution in [2.45, 2.75) is 52.2 Å². The molecule has 4 atom stereocenters. The summed E-state index contributed by atoms with van der Waals surface area (Å²) in [7, 11) is 2.23. The molecule has 1 N–H and O–H groups in total. The van der Waals surface area contributed by atoms with E-state index in [1.54, 1.807) is 0 Å². The van der Waals surface area contributed by atoms with E-state index in [1.807, 2.05) is 6.92 Å². The lowest BCUT2D eigenvalue weighted by Crippen LogP contribution is -2.51. The second kappa shape index (κ2) is 7.28. The number of rotatable bonds is 5. The summed E-state index contributed by atoms with van der Waals surface area (Å²) in [6.07, 6.45) is 1.22. The molecule has 1 saturated heterocycles. The molecule has 2 rings (SSSR count). The van der Waals surface area contributed by atoms with Gasteiger partial charge in [-0.15, -0.1) is 0 Å². The lowest BCUT2D eigenvalue weighted by atomic mass is 9.89. The molecular weight excluding hydrogens is 260 g/mol. The first kappa shape index (κ1) is 16.3. The van der Waals surface area contributed by atoms with E-state index < -0.39 is 0 Å².